The van der Waals surface area contributed by atoms with Crippen molar-refractivity contribution >= 4 is 38.7 Å². The maximum absolute atomic E-state index is 12.1. The first-order valence-electron chi connectivity index (χ1n) is 7.39. The lowest BCUT2D eigenvalue weighted by molar-refractivity contribution is -0.114. The van der Waals surface area contributed by atoms with Gasteiger partial charge in [0.05, 0.1) is 19.3 Å². The average molecular weight is 383 g/mol. The molecule has 1 amide bonds. The van der Waals surface area contributed by atoms with Crippen LogP contribution in [0.25, 0.3) is 0 Å². The van der Waals surface area contributed by atoms with Crippen molar-refractivity contribution in [1.29, 1.82) is 0 Å². The van der Waals surface area contributed by atoms with Gasteiger partial charge >= 0.3 is 0 Å². The molecule has 0 fully saturated rings. The number of anilines is 2. The van der Waals surface area contributed by atoms with Gasteiger partial charge in [0, 0.05) is 17.0 Å². The summed E-state index contributed by atoms with van der Waals surface area (Å²) in [6.07, 6.45) is 1.07. The van der Waals surface area contributed by atoms with Crippen molar-refractivity contribution in [1.82, 2.24) is 0 Å². The summed E-state index contributed by atoms with van der Waals surface area (Å²) in [4.78, 5) is 12.1. The Balaban J connectivity index is 2.19. The molecule has 0 saturated heterocycles. The molecule has 2 aromatic carbocycles. The monoisotopic (exact) mass is 382 g/mol. The fraction of sp³-hybridized carbons (Fsp3) is 0.235. The van der Waals surface area contributed by atoms with Crippen molar-refractivity contribution in [2.75, 3.05) is 30.5 Å². The van der Waals surface area contributed by atoms with Gasteiger partial charge in [0.25, 0.3) is 0 Å². The van der Waals surface area contributed by atoms with Gasteiger partial charge in [-0.15, -0.1) is 0 Å². The number of nitrogens with one attached hydrogen (secondary N) is 2. The molecular weight excluding hydrogens is 364 g/mol. The number of carbonyl (C=O) groups is 1. The number of rotatable bonds is 6. The molecule has 2 rings (SSSR count). The standard InChI is InChI=1S/C17H19ClN2O4S/c1-11-6-4-5-7-13(11)20-16(21)10-19-14-8-12(18)9-15(17(14)24-2)25(3,22)23/h4-9,19H,10H2,1-3H3,(H,20,21). The average Bonchev–Trinajstić information content (AvgIpc) is 2.53. The Morgan fingerprint density at radius 3 is 2.48 bits per heavy atom. The molecule has 2 aromatic rings. The van der Waals surface area contributed by atoms with E-state index in [2.05, 4.69) is 10.6 Å². The predicted octanol–water partition coefficient (Wildman–Crippen LogP) is 3.11. The SMILES string of the molecule is COc1c(NCC(=O)Nc2ccccc2C)cc(Cl)cc1S(C)(=O)=O. The molecule has 134 valence electrons. The number of benzene rings is 2. The molecule has 0 aliphatic heterocycles. The van der Waals surface area contributed by atoms with Crippen molar-refractivity contribution in [3.63, 3.8) is 0 Å². The minimum absolute atomic E-state index is 0.0377. The zero-order chi connectivity index (χ0) is 18.6. The Labute approximate surface area is 152 Å². The van der Waals surface area contributed by atoms with Crippen LogP contribution in [0.15, 0.2) is 41.3 Å². The van der Waals surface area contributed by atoms with Crippen molar-refractivity contribution in [2.45, 2.75) is 11.8 Å². The van der Waals surface area contributed by atoms with Crippen molar-refractivity contribution in [2.24, 2.45) is 0 Å². The molecule has 2 N–H and O–H groups in total. The molecule has 0 bridgehead atoms. The van der Waals surface area contributed by atoms with Gasteiger partial charge in [-0.25, -0.2) is 8.42 Å². The molecule has 0 unspecified atom stereocenters. The summed E-state index contributed by atoms with van der Waals surface area (Å²) in [5.74, 6) is -0.159. The number of hydrogen-bond acceptors (Lipinski definition) is 5. The molecule has 0 aliphatic carbocycles. The molecule has 8 heteroatoms. The molecule has 0 saturated carbocycles. The highest BCUT2D eigenvalue weighted by Crippen LogP contribution is 2.35. The summed E-state index contributed by atoms with van der Waals surface area (Å²) in [5, 5.41) is 5.88. The lowest BCUT2D eigenvalue weighted by Gasteiger charge is -2.15. The van der Waals surface area contributed by atoms with Crippen LogP contribution in [0.3, 0.4) is 0 Å². The van der Waals surface area contributed by atoms with E-state index in [0.29, 0.717) is 11.4 Å². The molecule has 0 heterocycles. The van der Waals surface area contributed by atoms with E-state index >= 15 is 0 Å². The fourth-order valence-electron chi connectivity index (χ4n) is 2.27. The number of halogens is 1. The number of hydrogen-bond donors (Lipinski definition) is 2. The van der Waals surface area contributed by atoms with E-state index in [1.807, 2.05) is 25.1 Å². The summed E-state index contributed by atoms with van der Waals surface area (Å²) in [7, 11) is -2.18. The number of para-hydroxylation sites is 1. The van der Waals surface area contributed by atoms with Gasteiger partial charge < -0.3 is 15.4 Å². The summed E-state index contributed by atoms with van der Waals surface area (Å²) >= 11 is 5.99. The third kappa shape index (κ3) is 4.87. The third-order valence-electron chi connectivity index (χ3n) is 3.48. The number of sulfone groups is 1. The molecule has 6 nitrogen and oxygen atoms in total. The lowest BCUT2D eigenvalue weighted by Crippen LogP contribution is -2.22. The second-order valence-electron chi connectivity index (χ2n) is 5.47. The zero-order valence-electron chi connectivity index (χ0n) is 14.1. The Morgan fingerprint density at radius 1 is 1.20 bits per heavy atom. The van der Waals surface area contributed by atoms with Gasteiger partial charge in [0.1, 0.15) is 4.90 Å². The molecule has 25 heavy (non-hydrogen) atoms. The predicted molar refractivity (Wildman–Crippen MR) is 99.4 cm³/mol. The summed E-state index contributed by atoms with van der Waals surface area (Å²) < 4.78 is 29.0. The largest absolute Gasteiger partial charge is 0.493 e. The van der Waals surface area contributed by atoms with E-state index in [9.17, 15) is 13.2 Å². The maximum Gasteiger partial charge on any atom is 0.243 e. The van der Waals surface area contributed by atoms with Gasteiger partial charge in [-0.1, -0.05) is 29.8 Å². The van der Waals surface area contributed by atoms with E-state index < -0.39 is 9.84 Å². The van der Waals surface area contributed by atoms with Crippen LogP contribution in [0, 0.1) is 6.92 Å². The molecular formula is C17H19ClN2O4S. The van der Waals surface area contributed by atoms with Crippen LogP contribution in [0.5, 0.6) is 5.75 Å². The van der Waals surface area contributed by atoms with Crippen molar-refractivity contribution < 1.29 is 17.9 Å². The Morgan fingerprint density at radius 2 is 1.88 bits per heavy atom. The topological polar surface area (TPSA) is 84.5 Å². The van der Waals surface area contributed by atoms with Crippen LogP contribution in [0.2, 0.25) is 5.02 Å². The highest BCUT2D eigenvalue weighted by Gasteiger charge is 2.19. The highest BCUT2D eigenvalue weighted by molar-refractivity contribution is 7.90. The number of methoxy groups -OCH3 is 1. The van der Waals surface area contributed by atoms with E-state index in [-0.39, 0.29) is 28.1 Å². The molecule has 0 aliphatic rings. The van der Waals surface area contributed by atoms with Crippen LogP contribution in [-0.4, -0.2) is 34.2 Å². The molecule has 0 atom stereocenters. The minimum atomic E-state index is -3.53. The van der Waals surface area contributed by atoms with Crippen molar-refractivity contribution in [3.05, 3.63) is 47.0 Å². The second-order valence-corrected chi connectivity index (χ2v) is 7.89. The van der Waals surface area contributed by atoms with Gasteiger partial charge in [-0.2, -0.15) is 0 Å². The number of carbonyl (C=O) groups excluding carboxylic acids is 1. The molecule has 0 spiro atoms. The highest BCUT2D eigenvalue weighted by atomic mass is 35.5. The van der Waals surface area contributed by atoms with Gasteiger partial charge in [-0.3, -0.25) is 4.79 Å². The third-order valence-corrected chi connectivity index (χ3v) is 4.80. The minimum Gasteiger partial charge on any atom is -0.493 e. The summed E-state index contributed by atoms with van der Waals surface area (Å²) in [5.41, 5.74) is 1.98. The summed E-state index contributed by atoms with van der Waals surface area (Å²) in [6.45, 7) is 1.82. The number of aryl methyl sites for hydroxylation is 1. The first-order chi connectivity index (χ1) is 11.7. The molecule has 0 radical (unpaired) electrons. The first-order valence-corrected chi connectivity index (χ1v) is 9.66. The lowest BCUT2D eigenvalue weighted by atomic mass is 10.2. The molecule has 0 aromatic heterocycles. The quantitative estimate of drug-likeness (QED) is 0.801. The Kier molecular flexibility index (Phi) is 5.92. The van der Waals surface area contributed by atoms with Gasteiger partial charge in [-0.05, 0) is 30.7 Å². The normalized spacial score (nSPS) is 11.0. The van der Waals surface area contributed by atoms with E-state index in [1.54, 1.807) is 6.07 Å². The van der Waals surface area contributed by atoms with E-state index in [0.717, 1.165) is 11.8 Å². The first kappa shape index (κ1) is 19.1. The van der Waals surface area contributed by atoms with Crippen LogP contribution in [0.1, 0.15) is 5.56 Å². The smallest absolute Gasteiger partial charge is 0.243 e. The van der Waals surface area contributed by atoms with Gasteiger partial charge in [0.15, 0.2) is 15.6 Å². The number of amides is 1. The Hall–Kier alpha value is -2.25. The van der Waals surface area contributed by atoms with Crippen LogP contribution < -0.4 is 15.4 Å². The fourth-order valence-corrected chi connectivity index (χ4v) is 3.42. The van der Waals surface area contributed by atoms with Crippen LogP contribution in [0.4, 0.5) is 11.4 Å². The zero-order valence-corrected chi connectivity index (χ0v) is 15.7. The Bertz CT molecular complexity index is 898. The van der Waals surface area contributed by atoms with Crippen LogP contribution in [-0.2, 0) is 14.6 Å². The van der Waals surface area contributed by atoms with Gasteiger partial charge in [0.2, 0.25) is 5.91 Å². The number of ether oxygens (including phenoxy) is 1. The van der Waals surface area contributed by atoms with Crippen molar-refractivity contribution in [3.8, 4) is 5.75 Å². The maximum atomic E-state index is 12.1. The summed E-state index contributed by atoms with van der Waals surface area (Å²) in [6, 6.07) is 10.2. The second kappa shape index (κ2) is 7.76. The van der Waals surface area contributed by atoms with Crippen LogP contribution >= 0.6 is 11.6 Å². The van der Waals surface area contributed by atoms with E-state index in [1.165, 1.54) is 19.2 Å². The van der Waals surface area contributed by atoms with E-state index in [4.69, 9.17) is 16.3 Å².